The largest absolute Gasteiger partial charge is 0.341 e. The minimum atomic E-state index is -3.16. The Kier molecular flexibility index (Phi) is 18.2. The first-order valence-corrected chi connectivity index (χ1v) is 12.2. The molecule has 0 radical (unpaired) electrons. The number of allylic oxidation sites excluding steroid dienone is 2. The first-order valence-electron chi connectivity index (χ1n) is 9.63. The van der Waals surface area contributed by atoms with Crippen LogP contribution in [0.5, 0.6) is 0 Å². The number of hydrogen-bond donors (Lipinski definition) is 2. The van der Waals surface area contributed by atoms with Gasteiger partial charge in [-0.05, 0) is 43.9 Å². The molecule has 0 spiro atoms. The van der Waals surface area contributed by atoms with E-state index in [1.807, 2.05) is 0 Å². The van der Waals surface area contributed by atoms with Crippen LogP contribution in [0.15, 0.2) is 12.2 Å². The van der Waals surface area contributed by atoms with Crippen LogP contribution >= 0.6 is 6.72 Å². The van der Waals surface area contributed by atoms with Crippen molar-refractivity contribution >= 4 is 18.5 Å². The molecule has 24 heavy (non-hydrogen) atoms. The van der Waals surface area contributed by atoms with Crippen LogP contribution in [0.3, 0.4) is 0 Å². The third kappa shape index (κ3) is 18.6. The summed E-state index contributed by atoms with van der Waals surface area (Å²) in [6, 6.07) is 0. The quantitative estimate of drug-likeness (QED) is 0.129. The highest BCUT2D eigenvalue weighted by molar-refractivity contribution is 8.07. The molecular weight excluding hydrogens is 341 g/mol. The Morgan fingerprint density at radius 3 is 1.79 bits per heavy atom. The molecule has 1 atom stereocenters. The standard InChI is InChI=1S/C18H38NO3PS/c1-2-3-4-5-6-7-8-9-10-11-12-13-14-15-16-17-18-21-23(20,24)22-19/h9-10H,2-8,11-19H2,1H3,(H,20,24)/b10-9+. The smallest absolute Gasteiger partial charge is 0.323 e. The van der Waals surface area contributed by atoms with E-state index in [0.29, 0.717) is 6.61 Å². The van der Waals surface area contributed by atoms with E-state index in [0.717, 1.165) is 12.8 Å². The Hall–Kier alpha value is 0.230. The zero-order valence-electron chi connectivity index (χ0n) is 15.5. The van der Waals surface area contributed by atoms with Crippen molar-refractivity contribution in [3.05, 3.63) is 12.2 Å². The average molecular weight is 380 g/mol. The zero-order chi connectivity index (χ0) is 17.9. The van der Waals surface area contributed by atoms with Gasteiger partial charge in [0, 0.05) is 0 Å². The van der Waals surface area contributed by atoms with Gasteiger partial charge in [0.2, 0.25) is 0 Å². The summed E-state index contributed by atoms with van der Waals surface area (Å²) in [5.41, 5.74) is 0. The maximum atomic E-state index is 9.30. The first-order chi connectivity index (χ1) is 11.6. The zero-order valence-corrected chi connectivity index (χ0v) is 17.2. The maximum absolute atomic E-state index is 9.30. The molecule has 144 valence electrons. The lowest BCUT2D eigenvalue weighted by Gasteiger charge is -2.11. The summed E-state index contributed by atoms with van der Waals surface area (Å²) in [7, 11) is 0. The Morgan fingerprint density at radius 2 is 1.29 bits per heavy atom. The van der Waals surface area contributed by atoms with E-state index < -0.39 is 6.72 Å². The fraction of sp³-hybridized carbons (Fsp3) is 0.889. The topological polar surface area (TPSA) is 64.7 Å². The molecule has 0 saturated carbocycles. The predicted molar refractivity (Wildman–Crippen MR) is 107 cm³/mol. The van der Waals surface area contributed by atoms with Gasteiger partial charge < -0.3 is 9.42 Å². The molecule has 1 unspecified atom stereocenters. The van der Waals surface area contributed by atoms with Gasteiger partial charge in [-0.3, -0.25) is 0 Å². The van der Waals surface area contributed by atoms with Gasteiger partial charge in [-0.15, -0.1) is 0 Å². The molecule has 0 aromatic heterocycles. The van der Waals surface area contributed by atoms with Crippen LogP contribution in [0.25, 0.3) is 0 Å². The van der Waals surface area contributed by atoms with Gasteiger partial charge in [-0.1, -0.05) is 76.9 Å². The molecule has 0 aromatic rings. The number of hydrogen-bond acceptors (Lipinski definition) is 4. The minimum absolute atomic E-state index is 0.423. The minimum Gasteiger partial charge on any atom is -0.323 e. The molecule has 0 aliphatic rings. The Morgan fingerprint density at radius 1 is 0.833 bits per heavy atom. The lowest BCUT2D eigenvalue weighted by Crippen LogP contribution is -2.01. The summed E-state index contributed by atoms with van der Waals surface area (Å²) < 4.78 is 9.24. The van der Waals surface area contributed by atoms with Gasteiger partial charge >= 0.3 is 6.72 Å². The molecule has 0 aliphatic carbocycles. The summed E-state index contributed by atoms with van der Waals surface area (Å²) in [5.74, 6) is 4.84. The van der Waals surface area contributed by atoms with Crippen molar-refractivity contribution in [1.82, 2.24) is 0 Å². The summed E-state index contributed by atoms with van der Waals surface area (Å²) >= 11 is 4.65. The molecule has 6 heteroatoms. The molecular formula is C18H38NO3PS. The Labute approximate surface area is 154 Å². The third-order valence-electron chi connectivity index (χ3n) is 4.04. The normalized spacial score (nSPS) is 14.3. The maximum Gasteiger partial charge on any atom is 0.341 e. The molecule has 0 amide bonds. The van der Waals surface area contributed by atoms with Crippen molar-refractivity contribution in [3.63, 3.8) is 0 Å². The molecule has 0 bridgehead atoms. The molecule has 3 N–H and O–H groups in total. The monoisotopic (exact) mass is 379 g/mol. The van der Waals surface area contributed by atoms with Gasteiger partial charge in [0.15, 0.2) is 0 Å². The van der Waals surface area contributed by atoms with E-state index in [1.165, 1.54) is 77.0 Å². The molecule has 0 aromatic carbocycles. The summed E-state index contributed by atoms with van der Waals surface area (Å²) in [6.45, 7) is -0.474. The van der Waals surface area contributed by atoms with Crippen molar-refractivity contribution < 1.29 is 14.0 Å². The van der Waals surface area contributed by atoms with E-state index in [9.17, 15) is 4.89 Å². The molecule has 4 nitrogen and oxygen atoms in total. The number of unbranched alkanes of at least 4 members (excludes halogenated alkanes) is 12. The van der Waals surface area contributed by atoms with E-state index in [4.69, 9.17) is 10.4 Å². The van der Waals surface area contributed by atoms with Crippen LogP contribution in [-0.2, 0) is 21.0 Å². The lowest BCUT2D eigenvalue weighted by atomic mass is 10.1. The Bertz CT molecular complexity index is 340. The highest BCUT2D eigenvalue weighted by Crippen LogP contribution is 2.41. The van der Waals surface area contributed by atoms with Gasteiger partial charge in [0.05, 0.1) is 6.61 Å². The van der Waals surface area contributed by atoms with Crippen LogP contribution < -0.4 is 5.90 Å². The van der Waals surface area contributed by atoms with Gasteiger partial charge in [0.1, 0.15) is 0 Å². The van der Waals surface area contributed by atoms with Crippen LogP contribution in [-0.4, -0.2) is 11.5 Å². The summed E-state index contributed by atoms with van der Waals surface area (Å²) in [5, 5.41) is 0. The summed E-state index contributed by atoms with van der Waals surface area (Å²) in [4.78, 5) is 9.30. The van der Waals surface area contributed by atoms with Crippen molar-refractivity contribution in [2.24, 2.45) is 5.90 Å². The Balaban J connectivity index is 3.17. The van der Waals surface area contributed by atoms with Crippen LogP contribution in [0, 0.1) is 0 Å². The second-order valence-corrected chi connectivity index (χ2v) is 9.14. The highest BCUT2D eigenvalue weighted by Gasteiger charge is 2.11. The lowest BCUT2D eigenvalue weighted by molar-refractivity contribution is 0.196. The second-order valence-electron chi connectivity index (χ2n) is 6.35. The van der Waals surface area contributed by atoms with Gasteiger partial charge in [-0.2, -0.15) is 0 Å². The third-order valence-corrected chi connectivity index (χ3v) is 5.39. The van der Waals surface area contributed by atoms with Crippen LogP contribution in [0.4, 0.5) is 0 Å². The molecule has 0 aliphatic heterocycles. The van der Waals surface area contributed by atoms with Crippen LogP contribution in [0.1, 0.15) is 96.8 Å². The van der Waals surface area contributed by atoms with Gasteiger partial charge in [0.25, 0.3) is 0 Å². The predicted octanol–water partition coefficient (Wildman–Crippen LogP) is 6.15. The molecule has 0 saturated heterocycles. The SMILES string of the molecule is CCCCCCCC/C=C/CCCCCCCCOP(O)(=S)ON. The average Bonchev–Trinajstić information content (AvgIpc) is 2.57. The van der Waals surface area contributed by atoms with Gasteiger partial charge in [-0.25, -0.2) is 10.5 Å². The van der Waals surface area contributed by atoms with Crippen molar-refractivity contribution in [3.8, 4) is 0 Å². The second kappa shape index (κ2) is 18.0. The first kappa shape index (κ1) is 24.2. The molecule has 0 fully saturated rings. The van der Waals surface area contributed by atoms with E-state index in [2.05, 4.69) is 35.5 Å². The van der Waals surface area contributed by atoms with E-state index in [-0.39, 0.29) is 0 Å². The van der Waals surface area contributed by atoms with Crippen molar-refractivity contribution in [1.29, 1.82) is 0 Å². The van der Waals surface area contributed by atoms with E-state index >= 15 is 0 Å². The molecule has 0 rings (SSSR count). The fourth-order valence-electron chi connectivity index (χ4n) is 2.56. The van der Waals surface area contributed by atoms with E-state index in [1.54, 1.807) is 0 Å². The summed E-state index contributed by atoms with van der Waals surface area (Å²) in [6.07, 6.45) is 22.4. The highest BCUT2D eigenvalue weighted by atomic mass is 32.5. The number of rotatable bonds is 18. The molecule has 0 heterocycles. The van der Waals surface area contributed by atoms with Crippen molar-refractivity contribution in [2.45, 2.75) is 96.8 Å². The van der Waals surface area contributed by atoms with Crippen molar-refractivity contribution in [2.75, 3.05) is 6.61 Å². The number of nitrogens with two attached hydrogens (primary N) is 1. The van der Waals surface area contributed by atoms with Crippen LogP contribution in [0.2, 0.25) is 0 Å². The fourth-order valence-corrected chi connectivity index (χ4v) is 3.20.